The number of anilines is 1. The number of nitrogens with zero attached hydrogens (tertiary/aromatic N) is 2. The van der Waals surface area contributed by atoms with Gasteiger partial charge in [0.2, 0.25) is 0 Å². The van der Waals surface area contributed by atoms with Gasteiger partial charge >= 0.3 is 0 Å². The van der Waals surface area contributed by atoms with Gasteiger partial charge in [-0.2, -0.15) is 0 Å². The van der Waals surface area contributed by atoms with Crippen LogP contribution in [0.25, 0.3) is 5.65 Å². The number of carbonyl (C=O) groups excluding carboxylic acids is 1. The molecule has 0 fully saturated rings. The van der Waals surface area contributed by atoms with Gasteiger partial charge in [-0.3, -0.25) is 4.79 Å². The van der Waals surface area contributed by atoms with Crippen molar-refractivity contribution in [3.05, 3.63) is 63.5 Å². The number of hydrogen-bond donors (Lipinski definition) is 1. The summed E-state index contributed by atoms with van der Waals surface area (Å²) in [7, 11) is 0. The molecule has 0 atom stereocenters. The van der Waals surface area contributed by atoms with Crippen molar-refractivity contribution < 1.29 is 4.79 Å². The molecule has 2 aromatic heterocycles. The minimum atomic E-state index is -0.136. The Morgan fingerprint density at radius 3 is 2.74 bits per heavy atom. The molecule has 0 bridgehead atoms. The Bertz CT molecular complexity index is 899. The van der Waals surface area contributed by atoms with Crippen LogP contribution < -0.4 is 5.32 Å². The summed E-state index contributed by atoms with van der Waals surface area (Å²) >= 11 is 3.48. The maximum Gasteiger partial charge on any atom is 0.257 e. The number of nitrogens with one attached hydrogen (secondary N) is 1. The molecular weight excluding hydrogens is 354 g/mol. The highest BCUT2D eigenvalue weighted by Gasteiger charge is 2.12. The maximum absolute atomic E-state index is 12.5. The molecular formula is C18H18BrN3O. The zero-order valence-corrected chi connectivity index (χ0v) is 14.9. The van der Waals surface area contributed by atoms with Crippen LogP contribution in [0.15, 0.2) is 41.0 Å². The van der Waals surface area contributed by atoms with Crippen LogP contribution in [0.1, 0.15) is 34.2 Å². The first-order valence-corrected chi connectivity index (χ1v) is 8.34. The van der Waals surface area contributed by atoms with Gasteiger partial charge < -0.3 is 9.72 Å². The molecule has 3 aromatic rings. The van der Waals surface area contributed by atoms with Gasteiger partial charge in [-0.1, -0.05) is 13.0 Å². The number of hydrogen-bond acceptors (Lipinski definition) is 2. The lowest BCUT2D eigenvalue weighted by atomic mass is 10.2. The zero-order valence-electron chi connectivity index (χ0n) is 13.4. The summed E-state index contributed by atoms with van der Waals surface area (Å²) in [4.78, 5) is 17.1. The van der Waals surface area contributed by atoms with Gasteiger partial charge in [-0.25, -0.2) is 4.98 Å². The Kier molecular flexibility index (Phi) is 4.22. The van der Waals surface area contributed by atoms with E-state index in [-0.39, 0.29) is 5.91 Å². The fraction of sp³-hybridized carbons (Fsp3) is 0.222. The van der Waals surface area contributed by atoms with Crippen molar-refractivity contribution in [2.45, 2.75) is 27.2 Å². The molecule has 0 saturated carbocycles. The monoisotopic (exact) mass is 371 g/mol. The number of aromatic nitrogens is 2. The number of carbonyl (C=O) groups is 1. The molecule has 2 heterocycles. The Balaban J connectivity index is 1.93. The summed E-state index contributed by atoms with van der Waals surface area (Å²) in [6.07, 6.45) is 2.72. The third-order valence-electron chi connectivity index (χ3n) is 3.93. The van der Waals surface area contributed by atoms with Crippen LogP contribution in [-0.2, 0) is 6.42 Å². The van der Waals surface area contributed by atoms with E-state index < -0.39 is 0 Å². The molecule has 118 valence electrons. The van der Waals surface area contributed by atoms with Crippen molar-refractivity contribution in [3.8, 4) is 0 Å². The SMILES string of the molecule is CCc1nc2ccc(C(=O)Nc3ccc(C)cc3Br)cn2c1C. The molecule has 0 aliphatic carbocycles. The molecule has 1 N–H and O–H groups in total. The number of halogens is 1. The molecule has 4 nitrogen and oxygen atoms in total. The first-order valence-electron chi connectivity index (χ1n) is 7.54. The number of fused-ring (bicyclic) bond motifs is 1. The highest BCUT2D eigenvalue weighted by Crippen LogP contribution is 2.24. The van der Waals surface area contributed by atoms with Gasteiger partial charge in [0, 0.05) is 16.4 Å². The van der Waals surface area contributed by atoms with Crippen LogP contribution >= 0.6 is 15.9 Å². The lowest BCUT2D eigenvalue weighted by molar-refractivity contribution is 0.102. The highest BCUT2D eigenvalue weighted by molar-refractivity contribution is 9.10. The van der Waals surface area contributed by atoms with Gasteiger partial charge in [-0.05, 0) is 66.0 Å². The number of amides is 1. The molecule has 0 aliphatic rings. The van der Waals surface area contributed by atoms with Crippen LogP contribution in [0.5, 0.6) is 0 Å². The van der Waals surface area contributed by atoms with E-state index in [1.165, 1.54) is 0 Å². The number of aryl methyl sites for hydroxylation is 3. The predicted octanol–water partition coefficient (Wildman–Crippen LogP) is 4.53. The molecule has 0 aliphatic heterocycles. The van der Waals surface area contributed by atoms with Crippen LogP contribution in [0.3, 0.4) is 0 Å². The maximum atomic E-state index is 12.5. The van der Waals surface area contributed by atoms with E-state index >= 15 is 0 Å². The van der Waals surface area contributed by atoms with E-state index in [1.807, 2.05) is 48.7 Å². The van der Waals surface area contributed by atoms with Crippen molar-refractivity contribution in [1.29, 1.82) is 0 Å². The molecule has 3 rings (SSSR count). The molecule has 0 unspecified atom stereocenters. The third kappa shape index (κ3) is 3.01. The molecule has 0 radical (unpaired) electrons. The average Bonchev–Trinajstić information content (AvgIpc) is 2.86. The van der Waals surface area contributed by atoms with Gasteiger partial charge in [0.25, 0.3) is 5.91 Å². The van der Waals surface area contributed by atoms with Crippen LogP contribution in [0, 0.1) is 13.8 Å². The Morgan fingerprint density at radius 2 is 2.04 bits per heavy atom. The Labute approximate surface area is 143 Å². The van der Waals surface area contributed by atoms with E-state index in [0.29, 0.717) is 5.56 Å². The Hall–Kier alpha value is -2.14. The molecule has 23 heavy (non-hydrogen) atoms. The second-order valence-electron chi connectivity index (χ2n) is 5.58. The third-order valence-corrected chi connectivity index (χ3v) is 4.58. The summed E-state index contributed by atoms with van der Waals surface area (Å²) in [5.74, 6) is -0.136. The smallest absolute Gasteiger partial charge is 0.257 e. The van der Waals surface area contributed by atoms with Crippen molar-refractivity contribution in [3.63, 3.8) is 0 Å². The lowest BCUT2D eigenvalue weighted by Crippen LogP contribution is -2.13. The summed E-state index contributed by atoms with van der Waals surface area (Å²) in [6, 6.07) is 9.53. The number of pyridine rings is 1. The number of benzene rings is 1. The average molecular weight is 372 g/mol. The number of imidazole rings is 1. The fourth-order valence-corrected chi connectivity index (χ4v) is 3.19. The number of rotatable bonds is 3. The minimum Gasteiger partial charge on any atom is -0.321 e. The summed E-state index contributed by atoms with van der Waals surface area (Å²) in [5.41, 5.74) is 5.51. The van der Waals surface area contributed by atoms with E-state index in [1.54, 1.807) is 6.07 Å². The first-order chi connectivity index (χ1) is 11.0. The van der Waals surface area contributed by atoms with Crippen LogP contribution in [0.2, 0.25) is 0 Å². The van der Waals surface area contributed by atoms with Crippen LogP contribution in [-0.4, -0.2) is 15.3 Å². The molecule has 1 aromatic carbocycles. The van der Waals surface area contributed by atoms with Crippen LogP contribution in [0.4, 0.5) is 5.69 Å². The van der Waals surface area contributed by atoms with E-state index in [4.69, 9.17) is 0 Å². The van der Waals surface area contributed by atoms with Crippen molar-refractivity contribution in [2.24, 2.45) is 0 Å². The molecule has 1 amide bonds. The van der Waals surface area contributed by atoms with Gasteiger partial charge in [-0.15, -0.1) is 0 Å². The topological polar surface area (TPSA) is 46.4 Å². The normalized spacial score (nSPS) is 11.0. The summed E-state index contributed by atoms with van der Waals surface area (Å²) in [6.45, 7) is 6.12. The predicted molar refractivity (Wildman–Crippen MR) is 96.1 cm³/mol. The standard InChI is InChI=1S/C18H18BrN3O/c1-4-15-12(3)22-10-13(6-8-17(22)20-15)18(23)21-16-7-5-11(2)9-14(16)19/h5-10H,4H2,1-3H3,(H,21,23). The Morgan fingerprint density at radius 1 is 1.26 bits per heavy atom. The molecule has 0 spiro atoms. The van der Waals surface area contributed by atoms with Crippen molar-refractivity contribution in [2.75, 3.05) is 5.32 Å². The van der Waals surface area contributed by atoms with Crippen molar-refractivity contribution >= 4 is 33.2 Å². The molecule has 0 saturated heterocycles. The van der Waals surface area contributed by atoms with Crippen molar-refractivity contribution in [1.82, 2.24) is 9.38 Å². The van der Waals surface area contributed by atoms with Gasteiger partial charge in [0.1, 0.15) is 5.65 Å². The van der Waals surface area contributed by atoms with E-state index in [2.05, 4.69) is 33.2 Å². The lowest BCUT2D eigenvalue weighted by Gasteiger charge is -2.09. The zero-order chi connectivity index (χ0) is 16.6. The fourth-order valence-electron chi connectivity index (χ4n) is 2.60. The highest BCUT2D eigenvalue weighted by atomic mass is 79.9. The second kappa shape index (κ2) is 6.16. The summed E-state index contributed by atoms with van der Waals surface area (Å²) in [5, 5.41) is 2.94. The minimum absolute atomic E-state index is 0.136. The van der Waals surface area contributed by atoms with E-state index in [0.717, 1.165) is 39.2 Å². The van der Waals surface area contributed by atoms with Gasteiger partial charge in [0.05, 0.1) is 16.9 Å². The second-order valence-corrected chi connectivity index (χ2v) is 6.44. The first kappa shape index (κ1) is 15.7. The van der Waals surface area contributed by atoms with Gasteiger partial charge in [0.15, 0.2) is 0 Å². The molecule has 5 heteroatoms. The van der Waals surface area contributed by atoms with E-state index in [9.17, 15) is 4.79 Å². The quantitative estimate of drug-likeness (QED) is 0.734. The largest absolute Gasteiger partial charge is 0.321 e. The summed E-state index contributed by atoms with van der Waals surface area (Å²) < 4.78 is 2.84.